The summed E-state index contributed by atoms with van der Waals surface area (Å²) in [6.45, 7) is 0. The first kappa shape index (κ1) is 15.7. The van der Waals surface area contributed by atoms with Gasteiger partial charge in [0.15, 0.2) is 5.69 Å². The summed E-state index contributed by atoms with van der Waals surface area (Å²) in [5.74, 6) is 0. The molecule has 0 aliphatic carbocycles. The van der Waals surface area contributed by atoms with Gasteiger partial charge in [-0.2, -0.15) is 9.61 Å². The van der Waals surface area contributed by atoms with Crippen molar-refractivity contribution in [3.05, 3.63) is 81.6 Å². The lowest BCUT2D eigenvalue weighted by molar-refractivity contribution is 0.772. The maximum Gasteiger partial charge on any atom is 0.302 e. The van der Waals surface area contributed by atoms with Crippen molar-refractivity contribution in [2.75, 3.05) is 0 Å². The number of aryl methyl sites for hydroxylation is 2. The Morgan fingerprint density at radius 2 is 1.60 bits per heavy atom. The van der Waals surface area contributed by atoms with E-state index in [1.54, 1.807) is 0 Å². The molecular formula is C19H16N4OS. The zero-order chi connectivity index (χ0) is 17.1. The Balaban J connectivity index is 1.56. The van der Waals surface area contributed by atoms with E-state index in [0.717, 1.165) is 29.8 Å². The zero-order valence-electron chi connectivity index (χ0n) is 13.5. The van der Waals surface area contributed by atoms with E-state index in [0.29, 0.717) is 10.7 Å². The van der Waals surface area contributed by atoms with Crippen LogP contribution in [0.15, 0.2) is 65.5 Å². The van der Waals surface area contributed by atoms with Gasteiger partial charge in [0.2, 0.25) is 4.96 Å². The van der Waals surface area contributed by atoms with E-state index in [2.05, 4.69) is 27.4 Å². The van der Waals surface area contributed by atoms with Gasteiger partial charge in [0.25, 0.3) is 0 Å². The van der Waals surface area contributed by atoms with Crippen molar-refractivity contribution >= 4 is 16.3 Å². The van der Waals surface area contributed by atoms with Crippen LogP contribution in [0.2, 0.25) is 0 Å². The van der Waals surface area contributed by atoms with Crippen molar-refractivity contribution in [1.29, 1.82) is 0 Å². The van der Waals surface area contributed by atoms with E-state index >= 15 is 0 Å². The van der Waals surface area contributed by atoms with Gasteiger partial charge in [-0.25, -0.2) is 0 Å². The summed E-state index contributed by atoms with van der Waals surface area (Å²) in [5.41, 5.74) is 2.18. The zero-order valence-corrected chi connectivity index (χ0v) is 14.3. The third-order valence-electron chi connectivity index (χ3n) is 3.98. The topological polar surface area (TPSA) is 60.2 Å². The van der Waals surface area contributed by atoms with Crippen LogP contribution in [0.5, 0.6) is 0 Å². The Kier molecular flexibility index (Phi) is 4.35. The van der Waals surface area contributed by atoms with Crippen LogP contribution in [-0.4, -0.2) is 19.8 Å². The number of benzene rings is 2. The van der Waals surface area contributed by atoms with E-state index in [1.165, 1.54) is 21.4 Å². The average molecular weight is 348 g/mol. The van der Waals surface area contributed by atoms with Crippen molar-refractivity contribution < 1.29 is 0 Å². The van der Waals surface area contributed by atoms with Crippen LogP contribution in [0.4, 0.5) is 0 Å². The van der Waals surface area contributed by atoms with Gasteiger partial charge >= 0.3 is 5.56 Å². The van der Waals surface area contributed by atoms with E-state index in [-0.39, 0.29) is 5.56 Å². The fraction of sp³-hybridized carbons (Fsp3) is 0.158. The molecule has 2 aromatic heterocycles. The number of nitrogens with zero attached hydrogens (tertiary/aromatic N) is 4. The molecule has 0 radical (unpaired) electrons. The molecule has 0 aliphatic heterocycles. The Morgan fingerprint density at radius 3 is 2.36 bits per heavy atom. The molecule has 0 N–H and O–H groups in total. The van der Waals surface area contributed by atoms with Gasteiger partial charge in [0.1, 0.15) is 5.01 Å². The third-order valence-corrected chi connectivity index (χ3v) is 4.94. The normalized spacial score (nSPS) is 11.0. The largest absolute Gasteiger partial charge is 0.302 e. The maximum absolute atomic E-state index is 12.6. The monoisotopic (exact) mass is 348 g/mol. The smallest absolute Gasteiger partial charge is 0.265 e. The number of rotatable bonds is 5. The fourth-order valence-electron chi connectivity index (χ4n) is 2.72. The SMILES string of the molecule is O=c1c(-c2ccccc2)nnc2sc(CCCc3ccccc3)nn12. The van der Waals surface area contributed by atoms with Crippen LogP contribution in [0.3, 0.4) is 0 Å². The van der Waals surface area contributed by atoms with Crippen molar-refractivity contribution in [2.45, 2.75) is 19.3 Å². The highest BCUT2D eigenvalue weighted by atomic mass is 32.1. The Hall–Kier alpha value is -2.86. The van der Waals surface area contributed by atoms with E-state index in [4.69, 9.17) is 0 Å². The van der Waals surface area contributed by atoms with E-state index in [9.17, 15) is 4.79 Å². The Labute approximate surface area is 148 Å². The second-order valence-electron chi connectivity index (χ2n) is 5.75. The summed E-state index contributed by atoms with van der Waals surface area (Å²) in [6, 6.07) is 19.7. The second-order valence-corrected chi connectivity index (χ2v) is 6.79. The number of hydrogen-bond donors (Lipinski definition) is 0. The summed E-state index contributed by atoms with van der Waals surface area (Å²) >= 11 is 1.43. The molecule has 0 unspecified atom stereocenters. The molecule has 25 heavy (non-hydrogen) atoms. The summed E-state index contributed by atoms with van der Waals surface area (Å²) in [4.78, 5) is 13.2. The average Bonchev–Trinajstić information content (AvgIpc) is 3.08. The first-order valence-corrected chi connectivity index (χ1v) is 8.98. The van der Waals surface area contributed by atoms with Gasteiger partial charge in [0, 0.05) is 12.0 Å². The van der Waals surface area contributed by atoms with Crippen LogP contribution < -0.4 is 5.56 Å². The summed E-state index contributed by atoms with van der Waals surface area (Å²) in [7, 11) is 0. The van der Waals surface area contributed by atoms with Gasteiger partial charge in [-0.1, -0.05) is 72.0 Å². The van der Waals surface area contributed by atoms with Crippen LogP contribution in [0.1, 0.15) is 17.0 Å². The molecule has 0 saturated heterocycles. The molecule has 0 fully saturated rings. The van der Waals surface area contributed by atoms with Gasteiger partial charge in [-0.05, 0) is 18.4 Å². The highest BCUT2D eigenvalue weighted by Crippen LogP contribution is 2.16. The molecule has 2 heterocycles. The van der Waals surface area contributed by atoms with Gasteiger partial charge in [0.05, 0.1) is 0 Å². The molecule has 4 rings (SSSR count). The van der Waals surface area contributed by atoms with Crippen molar-refractivity contribution in [3.8, 4) is 11.3 Å². The van der Waals surface area contributed by atoms with Crippen molar-refractivity contribution in [3.63, 3.8) is 0 Å². The lowest BCUT2D eigenvalue weighted by Crippen LogP contribution is -2.19. The minimum Gasteiger partial charge on any atom is -0.265 e. The molecular weight excluding hydrogens is 332 g/mol. The van der Waals surface area contributed by atoms with Crippen molar-refractivity contribution in [2.24, 2.45) is 0 Å². The summed E-state index contributed by atoms with van der Waals surface area (Å²) in [6.07, 6.45) is 2.80. The Morgan fingerprint density at radius 1 is 0.880 bits per heavy atom. The van der Waals surface area contributed by atoms with Crippen LogP contribution in [0.25, 0.3) is 16.2 Å². The van der Waals surface area contributed by atoms with E-state index in [1.807, 2.05) is 48.5 Å². The molecule has 0 spiro atoms. The van der Waals surface area contributed by atoms with Crippen molar-refractivity contribution in [1.82, 2.24) is 19.8 Å². The predicted molar refractivity (Wildman–Crippen MR) is 98.8 cm³/mol. The number of fused-ring (bicyclic) bond motifs is 1. The molecule has 6 heteroatoms. The molecule has 2 aromatic carbocycles. The summed E-state index contributed by atoms with van der Waals surface area (Å²) < 4.78 is 1.37. The number of hydrogen-bond acceptors (Lipinski definition) is 5. The minimum atomic E-state index is -0.221. The first-order chi connectivity index (χ1) is 12.3. The molecule has 0 saturated carbocycles. The van der Waals surface area contributed by atoms with Gasteiger partial charge in [-0.3, -0.25) is 4.79 Å². The standard InChI is InChI=1S/C19H16N4OS/c24-18-17(15-11-5-2-6-12-15)20-21-19-23(18)22-16(25-19)13-7-10-14-8-3-1-4-9-14/h1-6,8-9,11-12H,7,10,13H2. The molecule has 0 amide bonds. The highest BCUT2D eigenvalue weighted by Gasteiger charge is 2.13. The lowest BCUT2D eigenvalue weighted by atomic mass is 10.1. The maximum atomic E-state index is 12.6. The lowest BCUT2D eigenvalue weighted by Gasteiger charge is -1.98. The Bertz CT molecular complexity index is 1040. The van der Waals surface area contributed by atoms with E-state index < -0.39 is 0 Å². The van der Waals surface area contributed by atoms with Crippen LogP contribution in [-0.2, 0) is 12.8 Å². The molecule has 124 valence electrons. The van der Waals surface area contributed by atoms with Crippen LogP contribution in [0, 0.1) is 0 Å². The molecule has 0 aliphatic rings. The minimum absolute atomic E-state index is 0.221. The van der Waals surface area contributed by atoms with Gasteiger partial charge < -0.3 is 0 Å². The summed E-state index contributed by atoms with van der Waals surface area (Å²) in [5, 5.41) is 13.6. The quantitative estimate of drug-likeness (QED) is 0.555. The fourth-order valence-corrected chi connectivity index (χ4v) is 3.59. The molecule has 0 atom stereocenters. The van der Waals surface area contributed by atoms with Crippen LogP contribution >= 0.6 is 11.3 Å². The third kappa shape index (κ3) is 3.34. The predicted octanol–water partition coefficient (Wildman–Crippen LogP) is 3.39. The number of aromatic nitrogens is 4. The molecule has 0 bridgehead atoms. The van der Waals surface area contributed by atoms with Gasteiger partial charge in [-0.15, -0.1) is 10.2 Å². The second kappa shape index (κ2) is 6.94. The highest BCUT2D eigenvalue weighted by molar-refractivity contribution is 7.16. The molecule has 4 aromatic rings. The molecule has 5 nitrogen and oxygen atoms in total. The first-order valence-electron chi connectivity index (χ1n) is 8.16.